The third-order valence-electron chi connectivity index (χ3n) is 12.2. The van der Waals surface area contributed by atoms with Gasteiger partial charge in [-0.25, -0.2) is 0 Å². The van der Waals surface area contributed by atoms with Gasteiger partial charge in [-0.1, -0.05) is 170 Å². The fourth-order valence-electron chi connectivity index (χ4n) is 9.26. The molecule has 0 aliphatic heterocycles. The van der Waals surface area contributed by atoms with Crippen LogP contribution in [0.5, 0.6) is 0 Å². The summed E-state index contributed by atoms with van der Waals surface area (Å²) >= 11 is 0. The number of furan rings is 1. The molecular formula is C58H37NO. The van der Waals surface area contributed by atoms with E-state index in [0.29, 0.717) is 0 Å². The Morgan fingerprint density at radius 3 is 1.55 bits per heavy atom. The first kappa shape index (κ1) is 34.1. The largest absolute Gasteiger partial charge is 0.454 e. The molecule has 0 N–H and O–H groups in total. The number of para-hydroxylation sites is 1. The van der Waals surface area contributed by atoms with Gasteiger partial charge in [-0.3, -0.25) is 0 Å². The summed E-state index contributed by atoms with van der Waals surface area (Å²) in [7, 11) is 0. The van der Waals surface area contributed by atoms with Crippen LogP contribution in [0.2, 0.25) is 0 Å². The van der Waals surface area contributed by atoms with Crippen molar-refractivity contribution < 1.29 is 4.42 Å². The first-order valence-electron chi connectivity index (χ1n) is 20.6. The fraction of sp³-hybridized carbons (Fsp3) is 0. The van der Waals surface area contributed by atoms with E-state index in [1.165, 1.54) is 76.5 Å². The number of benzene rings is 11. The summed E-state index contributed by atoms with van der Waals surface area (Å²) in [6.07, 6.45) is 0. The Morgan fingerprint density at radius 2 is 0.800 bits per heavy atom. The van der Waals surface area contributed by atoms with Crippen molar-refractivity contribution in [1.82, 2.24) is 0 Å². The van der Waals surface area contributed by atoms with Crippen LogP contribution in [-0.2, 0) is 0 Å². The van der Waals surface area contributed by atoms with Crippen molar-refractivity contribution in [2.75, 3.05) is 4.90 Å². The second-order valence-corrected chi connectivity index (χ2v) is 15.7. The third-order valence-corrected chi connectivity index (χ3v) is 12.2. The number of fused-ring (bicyclic) bond motifs is 9. The SMILES string of the molecule is c1ccc(-c2ccc3oc4c(N(c5ccc(-c6ccc7ccc8ccccc8c7c6)cc5)c5ccc(-c6cc7ccccc7c7ccccc67)cc5)cccc4c3c2)cc1. The van der Waals surface area contributed by atoms with Crippen LogP contribution in [0.3, 0.4) is 0 Å². The van der Waals surface area contributed by atoms with Gasteiger partial charge in [0.2, 0.25) is 0 Å². The van der Waals surface area contributed by atoms with E-state index in [2.05, 4.69) is 229 Å². The molecule has 1 aromatic heterocycles. The molecule has 0 spiro atoms. The molecule has 12 aromatic rings. The summed E-state index contributed by atoms with van der Waals surface area (Å²) in [5.74, 6) is 0. The highest BCUT2D eigenvalue weighted by Gasteiger charge is 2.20. The lowest BCUT2D eigenvalue weighted by Gasteiger charge is -2.26. The van der Waals surface area contributed by atoms with Gasteiger partial charge in [-0.2, -0.15) is 0 Å². The normalized spacial score (nSPS) is 11.7. The zero-order chi connectivity index (χ0) is 39.6. The maximum Gasteiger partial charge on any atom is 0.159 e. The minimum atomic E-state index is 0.854. The molecule has 2 nitrogen and oxygen atoms in total. The van der Waals surface area contributed by atoms with Gasteiger partial charge >= 0.3 is 0 Å². The summed E-state index contributed by atoms with van der Waals surface area (Å²) in [6, 6.07) is 81.2. The molecule has 0 saturated heterocycles. The molecule has 0 atom stereocenters. The van der Waals surface area contributed by atoms with Gasteiger partial charge in [0.25, 0.3) is 0 Å². The minimum absolute atomic E-state index is 0.854. The molecule has 1 heterocycles. The molecule has 0 saturated carbocycles. The van der Waals surface area contributed by atoms with Crippen LogP contribution in [0.15, 0.2) is 229 Å². The van der Waals surface area contributed by atoms with Crippen molar-refractivity contribution in [1.29, 1.82) is 0 Å². The van der Waals surface area contributed by atoms with Gasteiger partial charge in [0.15, 0.2) is 5.58 Å². The van der Waals surface area contributed by atoms with Crippen molar-refractivity contribution in [3.05, 3.63) is 224 Å². The standard InChI is InChI=1S/C58H37NO/c1-2-11-38(12-3-1)44-29-34-57-55(36-44)52-19-10-20-56(58(52)60-57)59(46-30-25-39(26-31-46)43-24-23-41-22-21-40-13-4-6-15-48(40)53(41)35-43)47-32-27-42(28-33-47)54-37-45-14-5-7-16-49(45)50-17-8-9-18-51(50)54/h1-37H. The van der Waals surface area contributed by atoms with Crippen LogP contribution >= 0.6 is 0 Å². The van der Waals surface area contributed by atoms with Crippen molar-refractivity contribution in [3.63, 3.8) is 0 Å². The third kappa shape index (κ3) is 5.65. The Bertz CT molecular complexity index is 3580. The van der Waals surface area contributed by atoms with E-state index in [1.807, 2.05) is 0 Å². The lowest BCUT2D eigenvalue weighted by Crippen LogP contribution is -2.10. The maximum absolute atomic E-state index is 6.81. The molecule has 11 aromatic carbocycles. The van der Waals surface area contributed by atoms with Gasteiger partial charge in [0.05, 0.1) is 5.69 Å². The van der Waals surface area contributed by atoms with Gasteiger partial charge in [0, 0.05) is 22.1 Å². The van der Waals surface area contributed by atoms with E-state index in [1.54, 1.807) is 0 Å². The first-order valence-corrected chi connectivity index (χ1v) is 20.6. The second-order valence-electron chi connectivity index (χ2n) is 15.7. The van der Waals surface area contributed by atoms with Gasteiger partial charge in [-0.05, 0) is 131 Å². The number of hydrogen-bond acceptors (Lipinski definition) is 2. The molecule has 0 bridgehead atoms. The molecule has 0 unspecified atom stereocenters. The average Bonchev–Trinajstić information content (AvgIpc) is 3.71. The molecule has 0 aliphatic rings. The Hall–Kier alpha value is -7.94. The van der Waals surface area contributed by atoms with Gasteiger partial charge < -0.3 is 9.32 Å². The van der Waals surface area contributed by atoms with E-state index in [9.17, 15) is 0 Å². The van der Waals surface area contributed by atoms with Crippen molar-refractivity contribution in [3.8, 4) is 33.4 Å². The highest BCUT2D eigenvalue weighted by molar-refractivity contribution is 6.14. The predicted octanol–water partition coefficient (Wildman–Crippen LogP) is 16.7. The molecule has 280 valence electrons. The average molecular weight is 764 g/mol. The quantitative estimate of drug-likeness (QED) is 0.157. The molecule has 60 heavy (non-hydrogen) atoms. The summed E-state index contributed by atoms with van der Waals surface area (Å²) < 4.78 is 6.81. The lowest BCUT2D eigenvalue weighted by molar-refractivity contribution is 0.669. The number of nitrogens with zero attached hydrogens (tertiary/aromatic N) is 1. The van der Waals surface area contributed by atoms with Crippen molar-refractivity contribution in [2.45, 2.75) is 0 Å². The second kappa shape index (κ2) is 13.9. The predicted molar refractivity (Wildman–Crippen MR) is 255 cm³/mol. The Morgan fingerprint density at radius 1 is 0.283 bits per heavy atom. The fourth-order valence-corrected chi connectivity index (χ4v) is 9.26. The molecule has 0 fully saturated rings. The van der Waals surface area contributed by atoms with Crippen LogP contribution < -0.4 is 4.90 Å². The van der Waals surface area contributed by atoms with E-state index in [0.717, 1.165) is 39.0 Å². The van der Waals surface area contributed by atoms with Crippen molar-refractivity contribution in [2.24, 2.45) is 0 Å². The zero-order valence-corrected chi connectivity index (χ0v) is 32.7. The molecule has 0 aliphatic carbocycles. The smallest absolute Gasteiger partial charge is 0.159 e. The molecular weight excluding hydrogens is 727 g/mol. The van der Waals surface area contributed by atoms with Crippen LogP contribution in [0.4, 0.5) is 17.1 Å². The van der Waals surface area contributed by atoms with Crippen molar-refractivity contribution >= 4 is 82.1 Å². The summed E-state index contributed by atoms with van der Waals surface area (Å²) in [5.41, 5.74) is 11.9. The summed E-state index contributed by atoms with van der Waals surface area (Å²) in [4.78, 5) is 2.34. The summed E-state index contributed by atoms with van der Waals surface area (Å²) in [5, 5.41) is 12.3. The molecule has 12 rings (SSSR count). The molecule has 2 heteroatoms. The minimum Gasteiger partial charge on any atom is -0.454 e. The van der Waals surface area contributed by atoms with E-state index in [4.69, 9.17) is 4.42 Å². The van der Waals surface area contributed by atoms with Crippen LogP contribution in [-0.4, -0.2) is 0 Å². The molecule has 0 amide bonds. The Kier molecular flexibility index (Phi) is 7.89. The van der Waals surface area contributed by atoms with E-state index >= 15 is 0 Å². The van der Waals surface area contributed by atoms with Crippen LogP contribution in [0, 0.1) is 0 Å². The highest BCUT2D eigenvalue weighted by atomic mass is 16.3. The van der Waals surface area contributed by atoms with E-state index < -0.39 is 0 Å². The van der Waals surface area contributed by atoms with E-state index in [-0.39, 0.29) is 0 Å². The maximum atomic E-state index is 6.81. The number of anilines is 3. The lowest BCUT2D eigenvalue weighted by atomic mass is 9.93. The van der Waals surface area contributed by atoms with Gasteiger partial charge in [-0.15, -0.1) is 0 Å². The Labute approximate surface area is 347 Å². The monoisotopic (exact) mass is 763 g/mol. The molecule has 0 radical (unpaired) electrons. The van der Waals surface area contributed by atoms with Gasteiger partial charge in [0.1, 0.15) is 5.58 Å². The Balaban J connectivity index is 1.00. The number of rotatable bonds is 6. The highest BCUT2D eigenvalue weighted by Crippen LogP contribution is 2.44. The summed E-state index contributed by atoms with van der Waals surface area (Å²) in [6.45, 7) is 0. The topological polar surface area (TPSA) is 16.4 Å². The van der Waals surface area contributed by atoms with Crippen LogP contribution in [0.1, 0.15) is 0 Å². The van der Waals surface area contributed by atoms with Crippen LogP contribution in [0.25, 0.3) is 98.4 Å². The first-order chi connectivity index (χ1) is 29.7. The zero-order valence-electron chi connectivity index (χ0n) is 32.7. The number of hydrogen-bond donors (Lipinski definition) is 0.